The lowest BCUT2D eigenvalue weighted by Gasteiger charge is -2.15. The van der Waals surface area contributed by atoms with E-state index in [2.05, 4.69) is 126 Å². The van der Waals surface area contributed by atoms with Crippen LogP contribution in [-0.2, 0) is 0 Å². The molecule has 1 heteroatoms. The first-order valence-corrected chi connectivity index (χ1v) is 10.1. The van der Waals surface area contributed by atoms with E-state index < -0.39 is 0 Å². The molecule has 0 unspecified atom stereocenters. The van der Waals surface area contributed by atoms with Crippen LogP contribution in [0.1, 0.15) is 16.7 Å². The van der Waals surface area contributed by atoms with Crippen molar-refractivity contribution >= 4 is 21.5 Å². The van der Waals surface area contributed by atoms with Gasteiger partial charge in [-0.05, 0) is 63.6 Å². The monoisotopic (exact) mass is 424 g/mol. The van der Waals surface area contributed by atoms with Gasteiger partial charge in [-0.15, -0.1) is 0 Å². The third-order valence-electron chi connectivity index (χ3n) is 5.10. The summed E-state index contributed by atoms with van der Waals surface area (Å²) in [5.74, 6) is 0. The van der Waals surface area contributed by atoms with Crippen LogP contribution >= 0.6 is 15.9 Å². The first kappa shape index (κ1) is 18.5. The van der Waals surface area contributed by atoms with Gasteiger partial charge < -0.3 is 0 Å². The molecule has 4 aromatic carbocycles. The van der Waals surface area contributed by atoms with Gasteiger partial charge in [-0.2, -0.15) is 0 Å². The summed E-state index contributed by atoms with van der Waals surface area (Å²) in [6.07, 6.45) is 0. The highest BCUT2D eigenvalue weighted by molar-refractivity contribution is 9.10. The molecule has 0 heterocycles. The Balaban J connectivity index is 1.69. The van der Waals surface area contributed by atoms with Gasteiger partial charge in [0.1, 0.15) is 0 Å². The van der Waals surface area contributed by atoms with E-state index in [9.17, 15) is 0 Å². The molecule has 0 saturated heterocycles. The largest absolute Gasteiger partial charge is 0.0905 e. The van der Waals surface area contributed by atoms with E-state index in [0.29, 0.717) is 0 Å². The Labute approximate surface area is 175 Å². The smallest absolute Gasteiger partial charge is 0.0175 e. The summed E-state index contributed by atoms with van der Waals surface area (Å²) >= 11 is 3.49. The number of benzene rings is 4. The van der Waals surface area contributed by atoms with Crippen LogP contribution in [0.25, 0.3) is 27.8 Å². The normalized spacial score (nSPS) is 10.6. The van der Waals surface area contributed by atoms with Crippen molar-refractivity contribution in [1.82, 2.24) is 0 Å². The maximum Gasteiger partial charge on any atom is 0.0175 e. The van der Waals surface area contributed by atoms with Crippen molar-refractivity contribution in [3.63, 3.8) is 0 Å². The SMILES string of the molecule is C=C(c1ccc(-c2ccc(Br)cc2)cc1)c1ccccc1-c1ccccc1C. The van der Waals surface area contributed by atoms with Gasteiger partial charge in [0.2, 0.25) is 0 Å². The van der Waals surface area contributed by atoms with Gasteiger partial charge in [-0.3, -0.25) is 0 Å². The predicted molar refractivity (Wildman–Crippen MR) is 124 cm³/mol. The minimum absolute atomic E-state index is 1.04. The van der Waals surface area contributed by atoms with Gasteiger partial charge in [0.05, 0.1) is 0 Å². The minimum Gasteiger partial charge on any atom is -0.0905 e. The van der Waals surface area contributed by atoms with Crippen molar-refractivity contribution in [2.45, 2.75) is 6.92 Å². The molecule has 0 aliphatic heterocycles. The van der Waals surface area contributed by atoms with Gasteiger partial charge in [0, 0.05) is 4.47 Å². The lowest BCUT2D eigenvalue weighted by atomic mass is 9.89. The summed E-state index contributed by atoms with van der Waals surface area (Å²) < 4.78 is 1.09. The average Bonchev–Trinajstić information content (AvgIpc) is 2.74. The van der Waals surface area contributed by atoms with Crippen LogP contribution < -0.4 is 0 Å². The van der Waals surface area contributed by atoms with E-state index in [-0.39, 0.29) is 0 Å². The molecule has 0 fully saturated rings. The fourth-order valence-corrected chi connectivity index (χ4v) is 3.78. The standard InChI is InChI=1S/C27H21Br/c1-19-7-3-4-8-25(19)27-10-6-5-9-26(27)20(2)21-11-13-22(14-12-21)23-15-17-24(28)18-16-23/h3-18H,2H2,1H3. The molecule has 0 bridgehead atoms. The Bertz CT molecular complexity index is 1120. The van der Waals surface area contributed by atoms with Crippen LogP contribution in [-0.4, -0.2) is 0 Å². The predicted octanol–water partition coefficient (Wildman–Crippen LogP) is 8.15. The molecule has 0 amide bonds. The lowest BCUT2D eigenvalue weighted by molar-refractivity contribution is 1.44. The summed E-state index contributed by atoms with van der Waals surface area (Å²) in [5.41, 5.74) is 9.52. The maximum absolute atomic E-state index is 4.42. The van der Waals surface area contributed by atoms with Crippen LogP contribution in [0.2, 0.25) is 0 Å². The molecule has 0 atom stereocenters. The van der Waals surface area contributed by atoms with Crippen molar-refractivity contribution in [3.8, 4) is 22.3 Å². The molecule has 136 valence electrons. The van der Waals surface area contributed by atoms with E-state index in [1.165, 1.54) is 33.4 Å². The maximum atomic E-state index is 4.42. The zero-order valence-corrected chi connectivity index (χ0v) is 17.4. The fourth-order valence-electron chi connectivity index (χ4n) is 3.52. The molecule has 0 aromatic heterocycles. The Hall–Kier alpha value is -2.90. The molecule has 0 aliphatic rings. The van der Waals surface area contributed by atoms with E-state index in [4.69, 9.17) is 0 Å². The van der Waals surface area contributed by atoms with Crippen molar-refractivity contribution in [2.24, 2.45) is 0 Å². The second-order valence-corrected chi connectivity index (χ2v) is 7.84. The van der Waals surface area contributed by atoms with E-state index in [0.717, 1.165) is 15.6 Å². The molecule has 0 N–H and O–H groups in total. The molecule has 0 saturated carbocycles. The molecular formula is C27H21Br. The molecule has 0 spiro atoms. The zero-order chi connectivity index (χ0) is 19.5. The minimum atomic E-state index is 1.04. The summed E-state index contributed by atoms with van der Waals surface area (Å²) in [6, 6.07) is 34.1. The number of rotatable bonds is 4. The Morgan fingerprint density at radius 3 is 1.82 bits per heavy atom. The van der Waals surface area contributed by atoms with Gasteiger partial charge >= 0.3 is 0 Å². The number of hydrogen-bond acceptors (Lipinski definition) is 0. The van der Waals surface area contributed by atoms with Gasteiger partial charge in [-0.25, -0.2) is 0 Å². The Morgan fingerprint density at radius 2 is 1.18 bits per heavy atom. The molecule has 0 aliphatic carbocycles. The number of aryl methyl sites for hydroxylation is 1. The Kier molecular flexibility index (Phi) is 5.27. The second-order valence-electron chi connectivity index (χ2n) is 6.92. The summed E-state index contributed by atoms with van der Waals surface area (Å²) in [7, 11) is 0. The second kappa shape index (κ2) is 8.00. The zero-order valence-electron chi connectivity index (χ0n) is 15.8. The van der Waals surface area contributed by atoms with E-state index in [1.807, 2.05) is 0 Å². The van der Waals surface area contributed by atoms with Crippen molar-refractivity contribution in [1.29, 1.82) is 0 Å². The van der Waals surface area contributed by atoms with Crippen LogP contribution in [0, 0.1) is 6.92 Å². The van der Waals surface area contributed by atoms with Gasteiger partial charge in [0.15, 0.2) is 0 Å². The highest BCUT2D eigenvalue weighted by atomic mass is 79.9. The molecular weight excluding hydrogens is 404 g/mol. The third kappa shape index (κ3) is 3.72. The topological polar surface area (TPSA) is 0 Å². The van der Waals surface area contributed by atoms with E-state index >= 15 is 0 Å². The molecule has 4 rings (SSSR count). The van der Waals surface area contributed by atoms with Crippen molar-refractivity contribution in [2.75, 3.05) is 0 Å². The van der Waals surface area contributed by atoms with Crippen molar-refractivity contribution < 1.29 is 0 Å². The first-order chi connectivity index (χ1) is 13.6. The van der Waals surface area contributed by atoms with Crippen LogP contribution in [0.5, 0.6) is 0 Å². The van der Waals surface area contributed by atoms with Crippen molar-refractivity contribution in [3.05, 3.63) is 125 Å². The first-order valence-electron chi connectivity index (χ1n) is 9.34. The number of halogens is 1. The van der Waals surface area contributed by atoms with Crippen LogP contribution in [0.15, 0.2) is 108 Å². The molecule has 4 aromatic rings. The van der Waals surface area contributed by atoms with Crippen LogP contribution in [0.3, 0.4) is 0 Å². The summed E-state index contributed by atoms with van der Waals surface area (Å²) in [6.45, 7) is 6.57. The average molecular weight is 425 g/mol. The summed E-state index contributed by atoms with van der Waals surface area (Å²) in [5, 5.41) is 0. The molecule has 28 heavy (non-hydrogen) atoms. The quantitative estimate of drug-likeness (QED) is 0.309. The fraction of sp³-hybridized carbons (Fsp3) is 0.0370. The Morgan fingerprint density at radius 1 is 0.643 bits per heavy atom. The van der Waals surface area contributed by atoms with E-state index in [1.54, 1.807) is 0 Å². The van der Waals surface area contributed by atoms with Gasteiger partial charge in [0.25, 0.3) is 0 Å². The third-order valence-corrected chi connectivity index (χ3v) is 5.63. The highest BCUT2D eigenvalue weighted by Crippen LogP contribution is 2.34. The summed E-state index contributed by atoms with van der Waals surface area (Å²) in [4.78, 5) is 0. The number of hydrogen-bond donors (Lipinski definition) is 0. The highest BCUT2D eigenvalue weighted by Gasteiger charge is 2.11. The molecule has 0 radical (unpaired) electrons. The molecule has 0 nitrogen and oxygen atoms in total. The lowest BCUT2D eigenvalue weighted by Crippen LogP contribution is -1.92. The van der Waals surface area contributed by atoms with Crippen LogP contribution in [0.4, 0.5) is 0 Å². The van der Waals surface area contributed by atoms with Gasteiger partial charge in [-0.1, -0.05) is 107 Å².